The maximum absolute atomic E-state index is 12.2. The number of aromatic nitrogens is 1. The van der Waals surface area contributed by atoms with E-state index in [1.807, 2.05) is 12.1 Å². The zero-order valence-corrected chi connectivity index (χ0v) is 12.1. The topological polar surface area (TPSA) is 68.0 Å². The largest absolute Gasteiger partial charge is 0.354 e. The van der Waals surface area contributed by atoms with Gasteiger partial charge in [0.25, 0.3) is 0 Å². The SMILES string of the molecule is NC1(C(=O)NCCc2cccc3cccnc23)CCCC1. The summed E-state index contributed by atoms with van der Waals surface area (Å²) in [5, 5.41) is 4.12. The number of para-hydroxylation sites is 1. The van der Waals surface area contributed by atoms with Crippen LogP contribution >= 0.6 is 0 Å². The number of hydrogen-bond acceptors (Lipinski definition) is 3. The number of fused-ring (bicyclic) bond motifs is 1. The molecule has 4 heteroatoms. The Morgan fingerprint density at radius 2 is 2.00 bits per heavy atom. The fourth-order valence-electron chi connectivity index (χ4n) is 3.09. The summed E-state index contributed by atoms with van der Waals surface area (Å²) in [6, 6.07) is 10.1. The van der Waals surface area contributed by atoms with Gasteiger partial charge in [0.2, 0.25) is 5.91 Å². The maximum atomic E-state index is 12.2. The molecule has 0 saturated heterocycles. The summed E-state index contributed by atoms with van der Waals surface area (Å²) in [5.74, 6) is -0.00630. The molecule has 1 amide bonds. The van der Waals surface area contributed by atoms with Gasteiger partial charge in [0.05, 0.1) is 11.1 Å². The minimum atomic E-state index is -0.642. The number of nitrogens with zero attached hydrogens (tertiary/aromatic N) is 1. The van der Waals surface area contributed by atoms with Gasteiger partial charge < -0.3 is 11.1 Å². The normalized spacial score (nSPS) is 17.0. The Hall–Kier alpha value is -1.94. The molecular formula is C17H21N3O. The average molecular weight is 283 g/mol. The van der Waals surface area contributed by atoms with Crippen LogP contribution in [0.1, 0.15) is 31.2 Å². The highest BCUT2D eigenvalue weighted by atomic mass is 16.2. The summed E-state index contributed by atoms with van der Waals surface area (Å²) in [6.07, 6.45) is 6.28. The Morgan fingerprint density at radius 1 is 1.24 bits per heavy atom. The summed E-state index contributed by atoms with van der Waals surface area (Å²) in [4.78, 5) is 16.6. The van der Waals surface area contributed by atoms with Gasteiger partial charge in [-0.2, -0.15) is 0 Å². The Bertz CT molecular complexity index is 642. The monoisotopic (exact) mass is 283 g/mol. The molecule has 2 aromatic rings. The van der Waals surface area contributed by atoms with E-state index < -0.39 is 5.54 Å². The van der Waals surface area contributed by atoms with Crippen molar-refractivity contribution in [1.29, 1.82) is 0 Å². The number of hydrogen-bond donors (Lipinski definition) is 2. The predicted molar refractivity (Wildman–Crippen MR) is 83.8 cm³/mol. The molecule has 3 N–H and O–H groups in total. The van der Waals surface area contributed by atoms with Crippen LogP contribution in [0.25, 0.3) is 10.9 Å². The first-order chi connectivity index (χ1) is 10.2. The van der Waals surface area contributed by atoms with E-state index in [0.29, 0.717) is 6.54 Å². The average Bonchev–Trinajstić information content (AvgIpc) is 2.95. The summed E-state index contributed by atoms with van der Waals surface area (Å²) in [6.45, 7) is 0.605. The van der Waals surface area contributed by atoms with Gasteiger partial charge in [-0.15, -0.1) is 0 Å². The molecule has 4 nitrogen and oxygen atoms in total. The third kappa shape index (κ3) is 2.90. The van der Waals surface area contributed by atoms with Crippen molar-refractivity contribution in [1.82, 2.24) is 10.3 Å². The number of pyridine rings is 1. The van der Waals surface area contributed by atoms with E-state index in [1.165, 1.54) is 0 Å². The molecule has 1 aliphatic carbocycles. The van der Waals surface area contributed by atoms with Crippen molar-refractivity contribution in [3.63, 3.8) is 0 Å². The molecule has 0 unspecified atom stereocenters. The number of carbonyl (C=O) groups excluding carboxylic acids is 1. The number of carbonyl (C=O) groups is 1. The molecule has 0 atom stereocenters. The lowest BCUT2D eigenvalue weighted by Gasteiger charge is -2.22. The highest BCUT2D eigenvalue weighted by Gasteiger charge is 2.36. The van der Waals surface area contributed by atoms with Crippen LogP contribution in [0.4, 0.5) is 0 Å². The van der Waals surface area contributed by atoms with Gasteiger partial charge in [-0.05, 0) is 30.9 Å². The quantitative estimate of drug-likeness (QED) is 0.903. The molecule has 1 aliphatic rings. The first-order valence-corrected chi connectivity index (χ1v) is 7.59. The summed E-state index contributed by atoms with van der Waals surface area (Å²) < 4.78 is 0. The van der Waals surface area contributed by atoms with Crippen molar-refractivity contribution in [3.05, 3.63) is 42.1 Å². The van der Waals surface area contributed by atoms with Crippen molar-refractivity contribution >= 4 is 16.8 Å². The fraction of sp³-hybridized carbons (Fsp3) is 0.412. The number of nitrogens with one attached hydrogen (secondary N) is 1. The third-order valence-corrected chi connectivity index (χ3v) is 4.34. The van der Waals surface area contributed by atoms with Gasteiger partial charge in [0.15, 0.2) is 0 Å². The van der Waals surface area contributed by atoms with Crippen LogP contribution in [0.5, 0.6) is 0 Å². The van der Waals surface area contributed by atoms with E-state index >= 15 is 0 Å². The van der Waals surface area contributed by atoms with E-state index in [4.69, 9.17) is 5.73 Å². The van der Waals surface area contributed by atoms with E-state index in [-0.39, 0.29) is 5.91 Å². The molecule has 1 heterocycles. The van der Waals surface area contributed by atoms with Gasteiger partial charge in [-0.1, -0.05) is 37.1 Å². The maximum Gasteiger partial charge on any atom is 0.240 e. The molecule has 0 radical (unpaired) electrons. The number of benzene rings is 1. The number of nitrogens with two attached hydrogens (primary N) is 1. The van der Waals surface area contributed by atoms with Crippen molar-refractivity contribution in [2.45, 2.75) is 37.6 Å². The van der Waals surface area contributed by atoms with Crippen LogP contribution in [-0.2, 0) is 11.2 Å². The van der Waals surface area contributed by atoms with Crippen molar-refractivity contribution in [2.75, 3.05) is 6.54 Å². The van der Waals surface area contributed by atoms with E-state index in [1.54, 1.807) is 6.20 Å². The fourth-order valence-corrected chi connectivity index (χ4v) is 3.09. The standard InChI is InChI=1S/C17H21N3O/c18-17(9-1-2-10-17)16(21)20-12-8-14-6-3-5-13-7-4-11-19-15(13)14/h3-7,11H,1-2,8-10,12,18H2,(H,20,21). The van der Waals surface area contributed by atoms with Gasteiger partial charge >= 0.3 is 0 Å². The highest BCUT2D eigenvalue weighted by molar-refractivity contribution is 5.86. The van der Waals surface area contributed by atoms with Crippen LogP contribution in [0, 0.1) is 0 Å². The van der Waals surface area contributed by atoms with Crippen LogP contribution < -0.4 is 11.1 Å². The molecular weight excluding hydrogens is 262 g/mol. The van der Waals surface area contributed by atoms with Crippen LogP contribution in [0.2, 0.25) is 0 Å². The highest BCUT2D eigenvalue weighted by Crippen LogP contribution is 2.27. The molecule has 1 fully saturated rings. The molecule has 3 rings (SSSR count). The molecule has 0 bridgehead atoms. The van der Waals surface area contributed by atoms with Crippen LogP contribution in [0.3, 0.4) is 0 Å². The molecule has 1 saturated carbocycles. The zero-order chi connectivity index (χ0) is 14.7. The second-order valence-electron chi connectivity index (χ2n) is 5.86. The summed E-state index contributed by atoms with van der Waals surface area (Å²) >= 11 is 0. The number of amides is 1. The Kier molecular flexibility index (Phi) is 3.88. The van der Waals surface area contributed by atoms with Crippen molar-refractivity contribution in [2.24, 2.45) is 5.73 Å². The second kappa shape index (κ2) is 5.82. The lowest BCUT2D eigenvalue weighted by Crippen LogP contribution is -2.52. The third-order valence-electron chi connectivity index (χ3n) is 4.34. The smallest absolute Gasteiger partial charge is 0.240 e. The van der Waals surface area contributed by atoms with E-state index in [9.17, 15) is 4.79 Å². The first-order valence-electron chi connectivity index (χ1n) is 7.59. The lowest BCUT2D eigenvalue weighted by molar-refractivity contribution is -0.126. The Balaban J connectivity index is 1.63. The predicted octanol–water partition coefficient (Wildman–Crippen LogP) is 2.17. The molecule has 1 aromatic carbocycles. The summed E-state index contributed by atoms with van der Waals surface area (Å²) in [5.41, 5.74) is 7.68. The van der Waals surface area contributed by atoms with Crippen LogP contribution in [0.15, 0.2) is 36.5 Å². The molecule has 110 valence electrons. The van der Waals surface area contributed by atoms with Gasteiger partial charge in [-0.3, -0.25) is 9.78 Å². The van der Waals surface area contributed by atoms with Crippen LogP contribution in [-0.4, -0.2) is 23.0 Å². The van der Waals surface area contributed by atoms with E-state index in [0.717, 1.165) is 48.6 Å². The van der Waals surface area contributed by atoms with Gasteiger partial charge in [-0.25, -0.2) is 0 Å². The van der Waals surface area contributed by atoms with Crippen molar-refractivity contribution in [3.8, 4) is 0 Å². The van der Waals surface area contributed by atoms with Gasteiger partial charge in [0, 0.05) is 18.1 Å². The Morgan fingerprint density at radius 3 is 2.81 bits per heavy atom. The molecule has 21 heavy (non-hydrogen) atoms. The molecule has 1 aromatic heterocycles. The molecule has 0 aliphatic heterocycles. The van der Waals surface area contributed by atoms with E-state index in [2.05, 4.69) is 28.5 Å². The first kappa shape index (κ1) is 14.0. The second-order valence-corrected chi connectivity index (χ2v) is 5.86. The van der Waals surface area contributed by atoms with Crippen molar-refractivity contribution < 1.29 is 4.79 Å². The Labute approximate surface area is 124 Å². The zero-order valence-electron chi connectivity index (χ0n) is 12.1. The number of rotatable bonds is 4. The minimum Gasteiger partial charge on any atom is -0.354 e. The van der Waals surface area contributed by atoms with Gasteiger partial charge in [0.1, 0.15) is 0 Å². The lowest BCUT2D eigenvalue weighted by atomic mass is 9.98. The molecule has 0 spiro atoms. The minimum absolute atomic E-state index is 0.00630. The summed E-state index contributed by atoms with van der Waals surface area (Å²) in [7, 11) is 0.